The molecule has 0 saturated carbocycles. The maximum atomic E-state index is 12.6. The molecule has 0 fully saturated rings. The molecule has 0 aromatic rings. The van der Waals surface area contributed by atoms with Crippen molar-refractivity contribution in [3.05, 3.63) is 85.1 Å². The number of hydrogen-bond acceptors (Lipinski definition) is 7. The van der Waals surface area contributed by atoms with Gasteiger partial charge in [0, 0.05) is 19.6 Å². The maximum Gasteiger partial charge on any atom is 0.472 e. The number of ether oxygens (including phenoxy) is 2. The summed E-state index contributed by atoms with van der Waals surface area (Å²) >= 11 is 0. The molecule has 0 aromatic carbocycles. The summed E-state index contributed by atoms with van der Waals surface area (Å²) in [6.07, 6.45) is 58.9. The summed E-state index contributed by atoms with van der Waals surface area (Å²) in [6.45, 7) is 4.76. The maximum absolute atomic E-state index is 12.6. The van der Waals surface area contributed by atoms with Gasteiger partial charge in [-0.15, -0.1) is 0 Å². The molecule has 0 heterocycles. The fraction of sp³-hybridized carbons (Fsp3) is 0.694. The van der Waals surface area contributed by atoms with Crippen molar-refractivity contribution in [1.82, 2.24) is 0 Å². The molecule has 0 aliphatic heterocycles. The van der Waals surface area contributed by atoms with E-state index < -0.39 is 13.9 Å². The van der Waals surface area contributed by atoms with Crippen LogP contribution in [0.5, 0.6) is 0 Å². The Bertz CT molecular complexity index is 1160. The lowest BCUT2D eigenvalue weighted by Gasteiger charge is -2.20. The van der Waals surface area contributed by atoms with Crippen LogP contribution < -0.4 is 5.73 Å². The quantitative estimate of drug-likeness (QED) is 0.0270. The number of carbonyl (C=O) groups is 1. The predicted molar refractivity (Wildman–Crippen MR) is 247 cm³/mol. The molecule has 2 atom stereocenters. The molecule has 8 nitrogen and oxygen atoms in total. The molecule has 0 aliphatic carbocycles. The molecule has 0 spiro atoms. The summed E-state index contributed by atoms with van der Waals surface area (Å²) in [5, 5.41) is 0. The molecule has 0 aliphatic rings. The number of phosphoric ester groups is 1. The molecule has 3 N–H and O–H groups in total. The van der Waals surface area contributed by atoms with Crippen LogP contribution in [-0.4, -0.2) is 49.9 Å². The highest BCUT2D eigenvalue weighted by molar-refractivity contribution is 7.47. The van der Waals surface area contributed by atoms with Gasteiger partial charge in [-0.05, 0) is 70.6 Å². The Morgan fingerprint density at radius 3 is 1.43 bits per heavy atom. The number of unbranched alkanes of at least 4 members (excludes halogenated alkanes) is 16. The second-order valence-electron chi connectivity index (χ2n) is 14.9. The van der Waals surface area contributed by atoms with Crippen LogP contribution in [0.2, 0.25) is 0 Å². The van der Waals surface area contributed by atoms with Gasteiger partial charge in [0.15, 0.2) is 0 Å². The van der Waals surface area contributed by atoms with Crippen molar-refractivity contribution in [3.63, 3.8) is 0 Å². The molecule has 0 bridgehead atoms. The fourth-order valence-electron chi connectivity index (χ4n) is 5.98. The van der Waals surface area contributed by atoms with E-state index in [0.29, 0.717) is 13.0 Å². The lowest BCUT2D eigenvalue weighted by molar-refractivity contribution is -0.154. The van der Waals surface area contributed by atoms with E-state index in [2.05, 4.69) is 98.9 Å². The minimum Gasteiger partial charge on any atom is -0.457 e. The van der Waals surface area contributed by atoms with Gasteiger partial charge in [0.05, 0.1) is 19.8 Å². The van der Waals surface area contributed by atoms with Crippen LogP contribution in [0.4, 0.5) is 0 Å². The van der Waals surface area contributed by atoms with Crippen molar-refractivity contribution in [1.29, 1.82) is 0 Å². The molecular formula is C49H86NO7P. The zero-order valence-corrected chi connectivity index (χ0v) is 37.9. The Morgan fingerprint density at radius 1 is 0.534 bits per heavy atom. The summed E-state index contributed by atoms with van der Waals surface area (Å²) in [6, 6.07) is 0. The van der Waals surface area contributed by atoms with Gasteiger partial charge in [-0.1, -0.05) is 189 Å². The van der Waals surface area contributed by atoms with Crippen LogP contribution in [0.1, 0.15) is 181 Å². The van der Waals surface area contributed by atoms with E-state index in [1.165, 1.54) is 77.0 Å². The van der Waals surface area contributed by atoms with E-state index in [1.54, 1.807) is 0 Å². The van der Waals surface area contributed by atoms with Gasteiger partial charge in [-0.3, -0.25) is 13.8 Å². The highest BCUT2D eigenvalue weighted by Gasteiger charge is 2.25. The second kappa shape index (κ2) is 45.8. The van der Waals surface area contributed by atoms with Crippen molar-refractivity contribution in [2.75, 3.05) is 33.0 Å². The Kier molecular flexibility index (Phi) is 43.9. The molecule has 0 saturated heterocycles. The largest absolute Gasteiger partial charge is 0.472 e. The number of phosphoric acid groups is 1. The zero-order valence-electron chi connectivity index (χ0n) is 37.0. The van der Waals surface area contributed by atoms with Gasteiger partial charge >= 0.3 is 13.8 Å². The highest BCUT2D eigenvalue weighted by Crippen LogP contribution is 2.43. The number of nitrogens with two attached hydrogens (primary N) is 1. The van der Waals surface area contributed by atoms with E-state index in [-0.39, 0.29) is 38.8 Å². The van der Waals surface area contributed by atoms with E-state index in [1.807, 2.05) is 0 Å². The number of allylic oxidation sites excluding steroid dienone is 14. The van der Waals surface area contributed by atoms with Crippen molar-refractivity contribution in [3.8, 4) is 0 Å². The van der Waals surface area contributed by atoms with Crippen LogP contribution in [0, 0.1) is 0 Å². The normalized spacial score (nSPS) is 14.2. The number of carbonyl (C=O) groups excluding carboxylic acids is 1. The summed E-state index contributed by atoms with van der Waals surface area (Å²) < 4.78 is 33.4. The van der Waals surface area contributed by atoms with Crippen molar-refractivity contribution in [2.45, 2.75) is 187 Å². The first-order valence-corrected chi connectivity index (χ1v) is 24.6. The third kappa shape index (κ3) is 44.8. The Balaban J connectivity index is 4.10. The summed E-state index contributed by atoms with van der Waals surface area (Å²) in [5.41, 5.74) is 5.37. The van der Waals surface area contributed by atoms with Crippen LogP contribution in [0.3, 0.4) is 0 Å². The van der Waals surface area contributed by atoms with Gasteiger partial charge in [-0.25, -0.2) is 4.57 Å². The number of rotatable bonds is 43. The number of hydrogen-bond donors (Lipinski definition) is 2. The predicted octanol–water partition coefficient (Wildman–Crippen LogP) is 14.1. The fourth-order valence-corrected chi connectivity index (χ4v) is 6.74. The summed E-state index contributed by atoms with van der Waals surface area (Å²) in [5.74, 6) is -0.363. The first kappa shape index (κ1) is 55.7. The molecule has 2 unspecified atom stereocenters. The lowest BCUT2D eigenvalue weighted by Crippen LogP contribution is -2.28. The van der Waals surface area contributed by atoms with Gasteiger partial charge < -0.3 is 20.1 Å². The third-order valence-corrected chi connectivity index (χ3v) is 10.3. The van der Waals surface area contributed by atoms with Crippen LogP contribution in [0.25, 0.3) is 0 Å². The van der Waals surface area contributed by atoms with Gasteiger partial charge in [0.25, 0.3) is 0 Å². The minimum absolute atomic E-state index is 0.0912. The van der Waals surface area contributed by atoms with E-state index in [9.17, 15) is 14.3 Å². The zero-order chi connectivity index (χ0) is 42.3. The van der Waals surface area contributed by atoms with Gasteiger partial charge in [-0.2, -0.15) is 0 Å². The monoisotopic (exact) mass is 832 g/mol. The van der Waals surface area contributed by atoms with Crippen molar-refractivity contribution >= 4 is 13.8 Å². The molecule has 0 aromatic heterocycles. The SMILES string of the molecule is CC/C=C\C/C=C\C/C=C\C/C=C\C/C=C\C/C=C\C/C=C\CCCCCC(=O)OC(COCCCCCCCCCCCCCCCC)COP(=O)(O)OCCN. The van der Waals surface area contributed by atoms with Crippen molar-refractivity contribution in [2.24, 2.45) is 5.73 Å². The second-order valence-corrected chi connectivity index (χ2v) is 16.3. The van der Waals surface area contributed by atoms with Gasteiger partial charge in [0.1, 0.15) is 6.10 Å². The van der Waals surface area contributed by atoms with Gasteiger partial charge in [0.2, 0.25) is 0 Å². The van der Waals surface area contributed by atoms with Crippen LogP contribution in [0.15, 0.2) is 85.1 Å². The average molecular weight is 832 g/mol. The Morgan fingerprint density at radius 2 is 0.966 bits per heavy atom. The molecule has 0 amide bonds. The Labute approximate surface area is 356 Å². The average Bonchev–Trinajstić information content (AvgIpc) is 3.21. The minimum atomic E-state index is -4.29. The van der Waals surface area contributed by atoms with E-state index in [0.717, 1.165) is 77.0 Å². The smallest absolute Gasteiger partial charge is 0.457 e. The lowest BCUT2D eigenvalue weighted by atomic mass is 10.0. The van der Waals surface area contributed by atoms with Crippen LogP contribution >= 0.6 is 7.82 Å². The first-order chi connectivity index (χ1) is 28.4. The van der Waals surface area contributed by atoms with E-state index >= 15 is 0 Å². The van der Waals surface area contributed by atoms with E-state index in [4.69, 9.17) is 24.3 Å². The third-order valence-electron chi connectivity index (χ3n) is 9.33. The molecule has 0 rings (SSSR count). The molecule has 0 radical (unpaired) electrons. The highest BCUT2D eigenvalue weighted by atomic mass is 31.2. The summed E-state index contributed by atoms with van der Waals surface area (Å²) in [7, 11) is -4.29. The topological polar surface area (TPSA) is 117 Å². The summed E-state index contributed by atoms with van der Waals surface area (Å²) in [4.78, 5) is 22.5. The van der Waals surface area contributed by atoms with Crippen LogP contribution in [-0.2, 0) is 27.9 Å². The Hall–Kier alpha value is -2.32. The molecule has 58 heavy (non-hydrogen) atoms. The molecule has 334 valence electrons. The standard InChI is InChI=1S/C49H86NO7P/c1-3-5-7-9-11-13-15-17-19-20-21-22-23-24-25-26-27-28-29-30-32-34-36-38-40-42-49(51)57-48(47-56-58(52,53)55-45-43-50)46-54-44-41-39-37-35-33-31-18-16-14-12-10-8-6-4-2/h5,7,11,13,17,19,21-22,24-25,27-28,30,32,48H,3-4,6,8-10,12,14-16,18,20,23,26,29,31,33-47,50H2,1-2H3,(H,52,53)/b7-5-,13-11-,19-17-,22-21-,25-24-,28-27-,32-30-. The number of esters is 1. The first-order valence-electron chi connectivity index (χ1n) is 23.1. The van der Waals surface area contributed by atoms with Crippen molar-refractivity contribution < 1.29 is 32.8 Å². The molecule has 9 heteroatoms. The molecular weight excluding hydrogens is 746 g/mol.